The first-order chi connectivity index (χ1) is 7.40. The van der Waals surface area contributed by atoms with E-state index in [1.807, 2.05) is 0 Å². The number of halogens is 1. The van der Waals surface area contributed by atoms with Crippen LogP contribution >= 0.6 is 11.6 Å². The summed E-state index contributed by atoms with van der Waals surface area (Å²) in [6, 6.07) is 12.9. The Hall–Kier alpha value is -1.27. The average Bonchev–Trinajstić information content (AvgIpc) is 2.30. The summed E-state index contributed by atoms with van der Waals surface area (Å²) in [6.07, 6.45) is 4.38. The van der Waals surface area contributed by atoms with Crippen LogP contribution in [0.2, 0.25) is 0 Å². The van der Waals surface area contributed by atoms with Crippen LogP contribution in [0, 0.1) is 0 Å². The van der Waals surface area contributed by atoms with Gasteiger partial charge < -0.3 is 0 Å². The van der Waals surface area contributed by atoms with Crippen molar-refractivity contribution in [2.75, 3.05) is 5.88 Å². The summed E-state index contributed by atoms with van der Waals surface area (Å²) in [5.41, 5.74) is 2.67. The fraction of sp³-hybridized carbons (Fsp3) is 0.143. The highest BCUT2D eigenvalue weighted by molar-refractivity contribution is 6.18. The van der Waals surface area contributed by atoms with E-state index >= 15 is 0 Å². The first-order valence-electron chi connectivity index (χ1n) is 5.16. The molecule has 1 atom stereocenters. The van der Waals surface area contributed by atoms with Crippen LogP contribution in [0.1, 0.15) is 17.0 Å². The number of alkyl halides is 1. The van der Waals surface area contributed by atoms with Gasteiger partial charge in [-0.3, -0.25) is 0 Å². The van der Waals surface area contributed by atoms with Gasteiger partial charge in [0.15, 0.2) is 0 Å². The molecule has 0 fully saturated rings. The number of hydrogen-bond acceptors (Lipinski definition) is 0. The number of benzene rings is 2. The Morgan fingerprint density at radius 2 is 1.87 bits per heavy atom. The minimum Gasteiger partial charge on any atom is -0.126 e. The summed E-state index contributed by atoms with van der Waals surface area (Å²) in [6.45, 7) is 0. The molecule has 2 aromatic carbocycles. The zero-order valence-corrected chi connectivity index (χ0v) is 9.04. The molecule has 0 spiro atoms. The molecule has 3 rings (SSSR count). The molecule has 1 aliphatic carbocycles. The molecule has 0 saturated carbocycles. The first kappa shape index (κ1) is 8.99. The van der Waals surface area contributed by atoms with Crippen molar-refractivity contribution < 1.29 is 0 Å². The number of allylic oxidation sites excluding steroid dienone is 1. The van der Waals surface area contributed by atoms with Crippen LogP contribution in [-0.4, -0.2) is 5.88 Å². The molecule has 0 aromatic heterocycles. The summed E-state index contributed by atoms with van der Waals surface area (Å²) in [5, 5.41) is 2.68. The van der Waals surface area contributed by atoms with E-state index in [0.29, 0.717) is 11.8 Å². The Kier molecular flexibility index (Phi) is 2.03. The van der Waals surface area contributed by atoms with Gasteiger partial charge in [-0.05, 0) is 21.9 Å². The topological polar surface area (TPSA) is 0 Å². The smallest absolute Gasteiger partial charge is 0.0327 e. The monoisotopic (exact) mass is 214 g/mol. The van der Waals surface area contributed by atoms with E-state index in [1.165, 1.54) is 21.9 Å². The highest BCUT2D eigenvalue weighted by Gasteiger charge is 2.15. The van der Waals surface area contributed by atoms with E-state index in [-0.39, 0.29) is 0 Å². The fourth-order valence-electron chi connectivity index (χ4n) is 2.31. The minimum absolute atomic E-state index is 0.366. The van der Waals surface area contributed by atoms with Gasteiger partial charge in [0.2, 0.25) is 0 Å². The lowest BCUT2D eigenvalue weighted by atomic mass is 9.87. The van der Waals surface area contributed by atoms with E-state index in [4.69, 9.17) is 11.6 Å². The molecule has 0 aliphatic heterocycles. The van der Waals surface area contributed by atoms with Gasteiger partial charge >= 0.3 is 0 Å². The maximum absolute atomic E-state index is 5.98. The molecule has 15 heavy (non-hydrogen) atoms. The number of rotatable bonds is 1. The molecular formula is C14H11Cl. The largest absolute Gasteiger partial charge is 0.126 e. The van der Waals surface area contributed by atoms with E-state index < -0.39 is 0 Å². The Bertz CT molecular complexity index is 535. The van der Waals surface area contributed by atoms with E-state index in [0.717, 1.165) is 0 Å². The van der Waals surface area contributed by atoms with Crippen molar-refractivity contribution >= 4 is 28.4 Å². The molecule has 0 heterocycles. The van der Waals surface area contributed by atoms with E-state index in [1.54, 1.807) is 0 Å². The second-order valence-electron chi connectivity index (χ2n) is 3.91. The molecular weight excluding hydrogens is 204 g/mol. The summed E-state index contributed by atoms with van der Waals surface area (Å²) >= 11 is 5.98. The summed E-state index contributed by atoms with van der Waals surface area (Å²) in [7, 11) is 0. The zero-order valence-electron chi connectivity index (χ0n) is 8.28. The highest BCUT2D eigenvalue weighted by atomic mass is 35.5. The van der Waals surface area contributed by atoms with Crippen LogP contribution in [-0.2, 0) is 0 Å². The Morgan fingerprint density at radius 3 is 2.67 bits per heavy atom. The Morgan fingerprint density at radius 1 is 1.07 bits per heavy atom. The molecule has 0 radical (unpaired) electrons. The predicted octanol–water partition coefficient (Wildman–Crippen LogP) is 4.19. The molecule has 1 unspecified atom stereocenters. The van der Waals surface area contributed by atoms with Gasteiger partial charge in [0, 0.05) is 11.8 Å². The molecule has 1 heteroatoms. The summed E-state index contributed by atoms with van der Waals surface area (Å²) in [4.78, 5) is 0. The molecule has 0 amide bonds. The first-order valence-corrected chi connectivity index (χ1v) is 5.69. The molecule has 0 bridgehead atoms. The van der Waals surface area contributed by atoms with Crippen LogP contribution in [0.15, 0.2) is 42.5 Å². The quantitative estimate of drug-likeness (QED) is 0.625. The number of hydrogen-bond donors (Lipinski definition) is 0. The third-order valence-electron chi connectivity index (χ3n) is 3.04. The predicted molar refractivity (Wildman–Crippen MR) is 66.4 cm³/mol. The standard InChI is InChI=1S/C14H11Cl/c15-9-12-8-7-11-4-1-3-10-5-2-6-13(12)14(10)11/h1-8,12H,9H2. The fourth-order valence-corrected chi connectivity index (χ4v) is 2.57. The maximum atomic E-state index is 5.98. The van der Waals surface area contributed by atoms with Crippen molar-refractivity contribution in [2.24, 2.45) is 0 Å². The molecule has 2 aromatic rings. The van der Waals surface area contributed by atoms with Crippen LogP contribution in [0.4, 0.5) is 0 Å². The molecule has 0 saturated heterocycles. The van der Waals surface area contributed by atoms with Crippen molar-refractivity contribution in [3.05, 3.63) is 53.6 Å². The molecule has 1 aliphatic rings. The molecule has 0 nitrogen and oxygen atoms in total. The lowest BCUT2D eigenvalue weighted by Gasteiger charge is -2.19. The summed E-state index contributed by atoms with van der Waals surface area (Å²) in [5.74, 6) is 1.02. The SMILES string of the molecule is ClCC1C=Cc2cccc3cccc1c23. The summed E-state index contributed by atoms with van der Waals surface area (Å²) < 4.78 is 0. The third kappa shape index (κ3) is 1.29. The van der Waals surface area contributed by atoms with Gasteiger partial charge in [-0.2, -0.15) is 0 Å². The van der Waals surface area contributed by atoms with Crippen LogP contribution < -0.4 is 0 Å². The van der Waals surface area contributed by atoms with Gasteiger partial charge in [0.1, 0.15) is 0 Å². The van der Waals surface area contributed by atoms with Crippen LogP contribution in [0.25, 0.3) is 16.8 Å². The third-order valence-corrected chi connectivity index (χ3v) is 3.38. The second-order valence-corrected chi connectivity index (χ2v) is 4.22. The van der Waals surface area contributed by atoms with Gasteiger partial charge in [0.25, 0.3) is 0 Å². The maximum Gasteiger partial charge on any atom is 0.0327 e. The van der Waals surface area contributed by atoms with E-state index in [2.05, 4.69) is 48.6 Å². The van der Waals surface area contributed by atoms with E-state index in [9.17, 15) is 0 Å². The average molecular weight is 215 g/mol. The van der Waals surface area contributed by atoms with Gasteiger partial charge in [0.05, 0.1) is 0 Å². The van der Waals surface area contributed by atoms with Crippen molar-refractivity contribution in [1.82, 2.24) is 0 Å². The lowest BCUT2D eigenvalue weighted by Crippen LogP contribution is -2.02. The van der Waals surface area contributed by atoms with Crippen molar-refractivity contribution in [3.63, 3.8) is 0 Å². The minimum atomic E-state index is 0.366. The van der Waals surface area contributed by atoms with Crippen LogP contribution in [0.5, 0.6) is 0 Å². The Balaban J connectivity index is 2.41. The van der Waals surface area contributed by atoms with Crippen molar-refractivity contribution in [1.29, 1.82) is 0 Å². The van der Waals surface area contributed by atoms with Crippen molar-refractivity contribution in [3.8, 4) is 0 Å². The van der Waals surface area contributed by atoms with Crippen LogP contribution in [0.3, 0.4) is 0 Å². The Labute approximate surface area is 94.2 Å². The molecule has 0 N–H and O–H groups in total. The van der Waals surface area contributed by atoms with Gasteiger partial charge in [-0.1, -0.05) is 48.6 Å². The molecule has 74 valence electrons. The van der Waals surface area contributed by atoms with Gasteiger partial charge in [-0.15, -0.1) is 11.6 Å². The second kappa shape index (κ2) is 3.39. The van der Waals surface area contributed by atoms with Gasteiger partial charge in [-0.25, -0.2) is 0 Å². The normalized spacial score (nSPS) is 18.3. The highest BCUT2D eigenvalue weighted by Crippen LogP contribution is 2.34. The lowest BCUT2D eigenvalue weighted by molar-refractivity contribution is 0.989. The zero-order chi connectivity index (χ0) is 10.3. The van der Waals surface area contributed by atoms with Crippen molar-refractivity contribution in [2.45, 2.75) is 5.92 Å².